The second-order valence-electron chi connectivity index (χ2n) is 3.53. The lowest BCUT2D eigenvalue weighted by Gasteiger charge is -2.10. The minimum atomic E-state index is 0.621. The summed E-state index contributed by atoms with van der Waals surface area (Å²) in [4.78, 5) is 0. The Hall–Kier alpha value is -1.24. The van der Waals surface area contributed by atoms with Crippen LogP contribution in [0.5, 0.6) is 0 Å². The van der Waals surface area contributed by atoms with Crippen molar-refractivity contribution in [3.8, 4) is 0 Å². The quantitative estimate of drug-likeness (QED) is 0.670. The smallest absolute Gasteiger partial charge is 0.104 e. The molecular weight excluding hydrogens is 160 g/mol. The minimum absolute atomic E-state index is 0.621. The van der Waals surface area contributed by atoms with E-state index in [2.05, 4.69) is 30.4 Å². The lowest BCUT2D eigenvalue weighted by atomic mass is 9.96. The average molecular weight is 174 g/mol. The molecule has 1 aliphatic carbocycles. The molecule has 1 nitrogen and oxygen atoms in total. The van der Waals surface area contributed by atoms with Gasteiger partial charge in [0.25, 0.3) is 0 Å². The Kier molecular flexibility index (Phi) is 2.35. The zero-order chi connectivity index (χ0) is 9.10. The second kappa shape index (κ2) is 3.65. The highest BCUT2D eigenvalue weighted by molar-refractivity contribution is 5.14. The summed E-state index contributed by atoms with van der Waals surface area (Å²) < 4.78 is 5.53. The molecule has 0 saturated carbocycles. The van der Waals surface area contributed by atoms with E-state index in [9.17, 15) is 0 Å². The zero-order valence-corrected chi connectivity index (χ0v) is 7.86. The van der Waals surface area contributed by atoms with Crippen LogP contribution >= 0.6 is 0 Å². The molecule has 2 rings (SSSR count). The maximum atomic E-state index is 5.53. The monoisotopic (exact) mass is 174 g/mol. The largest absolute Gasteiger partial charge is 0.466 e. The number of furan rings is 1. The van der Waals surface area contributed by atoms with Crippen molar-refractivity contribution in [2.45, 2.75) is 19.8 Å². The molecular formula is C12H14O. The molecule has 0 amide bonds. The maximum absolute atomic E-state index is 5.53. The topological polar surface area (TPSA) is 13.1 Å². The van der Waals surface area contributed by atoms with Gasteiger partial charge in [0.15, 0.2) is 0 Å². The van der Waals surface area contributed by atoms with Crippen molar-refractivity contribution in [3.63, 3.8) is 0 Å². The molecule has 1 aromatic rings. The number of hydrogen-bond acceptors (Lipinski definition) is 1. The van der Waals surface area contributed by atoms with E-state index in [4.69, 9.17) is 4.42 Å². The molecule has 13 heavy (non-hydrogen) atoms. The highest BCUT2D eigenvalue weighted by Crippen LogP contribution is 2.18. The molecule has 0 bridgehead atoms. The molecule has 68 valence electrons. The summed E-state index contributed by atoms with van der Waals surface area (Å²) in [5.41, 5.74) is 0. The third-order valence-electron chi connectivity index (χ3n) is 2.33. The Labute approximate surface area is 78.8 Å². The maximum Gasteiger partial charge on any atom is 0.104 e. The van der Waals surface area contributed by atoms with E-state index in [1.165, 1.54) is 0 Å². The van der Waals surface area contributed by atoms with Gasteiger partial charge in [0.2, 0.25) is 0 Å². The average Bonchev–Trinajstić information content (AvgIpc) is 2.53. The normalized spacial score (nSPS) is 20.8. The number of hydrogen-bond donors (Lipinski definition) is 0. The number of rotatable bonds is 2. The lowest BCUT2D eigenvalue weighted by molar-refractivity contribution is 0.456. The van der Waals surface area contributed by atoms with E-state index in [1.54, 1.807) is 0 Å². The van der Waals surface area contributed by atoms with Crippen molar-refractivity contribution in [3.05, 3.63) is 48.0 Å². The van der Waals surface area contributed by atoms with E-state index in [-0.39, 0.29) is 0 Å². The van der Waals surface area contributed by atoms with Crippen LogP contribution in [-0.4, -0.2) is 0 Å². The van der Waals surface area contributed by atoms with Gasteiger partial charge in [-0.2, -0.15) is 0 Å². The molecule has 1 atom stereocenters. The third kappa shape index (κ3) is 2.11. The van der Waals surface area contributed by atoms with E-state index >= 15 is 0 Å². The summed E-state index contributed by atoms with van der Waals surface area (Å²) in [6.45, 7) is 1.99. The minimum Gasteiger partial charge on any atom is -0.466 e. The molecule has 1 heteroatoms. The van der Waals surface area contributed by atoms with E-state index in [0.29, 0.717) is 5.92 Å². The van der Waals surface area contributed by atoms with Gasteiger partial charge >= 0.3 is 0 Å². The fourth-order valence-electron chi connectivity index (χ4n) is 1.64. The molecule has 1 unspecified atom stereocenters. The van der Waals surface area contributed by atoms with Crippen molar-refractivity contribution in [2.24, 2.45) is 5.92 Å². The summed E-state index contributed by atoms with van der Waals surface area (Å²) >= 11 is 0. The van der Waals surface area contributed by atoms with E-state index in [0.717, 1.165) is 24.4 Å². The van der Waals surface area contributed by atoms with Crippen LogP contribution in [-0.2, 0) is 6.42 Å². The van der Waals surface area contributed by atoms with Crippen LogP contribution in [0, 0.1) is 12.8 Å². The fraction of sp³-hybridized carbons (Fsp3) is 0.333. The Morgan fingerprint density at radius 3 is 2.92 bits per heavy atom. The molecule has 0 fully saturated rings. The molecule has 0 aliphatic heterocycles. The Balaban J connectivity index is 1.98. The van der Waals surface area contributed by atoms with Gasteiger partial charge in [-0.1, -0.05) is 24.3 Å². The van der Waals surface area contributed by atoms with Crippen LogP contribution < -0.4 is 0 Å². The molecule has 0 spiro atoms. The van der Waals surface area contributed by atoms with Gasteiger partial charge in [0.1, 0.15) is 11.5 Å². The Bertz CT molecular complexity index is 331. The standard InChI is InChI=1S/C12H14O/c1-10-7-8-12(13-10)9-11-5-3-2-4-6-11/h2-5,7-8,11H,6,9H2,1H3. The van der Waals surface area contributed by atoms with Crippen LogP contribution in [0.25, 0.3) is 0 Å². The molecule has 1 aliphatic rings. The van der Waals surface area contributed by atoms with Gasteiger partial charge in [-0.05, 0) is 31.4 Å². The van der Waals surface area contributed by atoms with E-state index in [1.807, 2.05) is 13.0 Å². The SMILES string of the molecule is Cc1ccc(CC2C=CC=CC2)o1. The first kappa shape index (κ1) is 8.36. The lowest BCUT2D eigenvalue weighted by Crippen LogP contribution is -2.00. The molecule has 1 heterocycles. The fourth-order valence-corrected chi connectivity index (χ4v) is 1.64. The van der Waals surface area contributed by atoms with Crippen molar-refractivity contribution in [1.29, 1.82) is 0 Å². The summed E-state index contributed by atoms with van der Waals surface area (Å²) in [5, 5.41) is 0. The van der Waals surface area contributed by atoms with Crippen molar-refractivity contribution >= 4 is 0 Å². The molecule has 0 aromatic carbocycles. The first-order valence-electron chi connectivity index (χ1n) is 4.73. The van der Waals surface area contributed by atoms with Gasteiger partial charge in [-0.15, -0.1) is 0 Å². The van der Waals surface area contributed by atoms with E-state index < -0.39 is 0 Å². The molecule has 0 saturated heterocycles. The van der Waals surface area contributed by atoms with Gasteiger partial charge in [-0.3, -0.25) is 0 Å². The van der Waals surface area contributed by atoms with Crippen molar-refractivity contribution in [1.82, 2.24) is 0 Å². The highest BCUT2D eigenvalue weighted by Gasteiger charge is 2.08. The molecule has 1 aromatic heterocycles. The van der Waals surface area contributed by atoms with Gasteiger partial charge in [0, 0.05) is 6.42 Å². The molecule has 0 N–H and O–H groups in total. The van der Waals surface area contributed by atoms with Gasteiger partial charge in [-0.25, -0.2) is 0 Å². The predicted octanol–water partition coefficient (Wildman–Crippen LogP) is 3.26. The van der Waals surface area contributed by atoms with Gasteiger partial charge < -0.3 is 4.42 Å². The Morgan fingerprint density at radius 2 is 2.31 bits per heavy atom. The van der Waals surface area contributed by atoms with Crippen LogP contribution in [0.1, 0.15) is 17.9 Å². The summed E-state index contributed by atoms with van der Waals surface area (Å²) in [7, 11) is 0. The summed E-state index contributed by atoms with van der Waals surface area (Å²) in [6.07, 6.45) is 10.8. The van der Waals surface area contributed by atoms with Crippen LogP contribution in [0.4, 0.5) is 0 Å². The molecule has 0 radical (unpaired) electrons. The Morgan fingerprint density at radius 1 is 1.38 bits per heavy atom. The summed E-state index contributed by atoms with van der Waals surface area (Å²) in [6, 6.07) is 4.10. The van der Waals surface area contributed by atoms with Crippen molar-refractivity contribution < 1.29 is 4.42 Å². The summed E-state index contributed by atoms with van der Waals surface area (Å²) in [5.74, 6) is 2.73. The third-order valence-corrected chi connectivity index (χ3v) is 2.33. The number of allylic oxidation sites excluding steroid dienone is 4. The number of aryl methyl sites for hydroxylation is 1. The van der Waals surface area contributed by atoms with Crippen LogP contribution in [0.15, 0.2) is 40.9 Å². The highest BCUT2D eigenvalue weighted by atomic mass is 16.3. The van der Waals surface area contributed by atoms with Crippen molar-refractivity contribution in [2.75, 3.05) is 0 Å². The first-order chi connectivity index (χ1) is 6.34. The second-order valence-corrected chi connectivity index (χ2v) is 3.53. The van der Waals surface area contributed by atoms with Crippen LogP contribution in [0.2, 0.25) is 0 Å². The zero-order valence-electron chi connectivity index (χ0n) is 7.86. The van der Waals surface area contributed by atoms with Gasteiger partial charge in [0.05, 0.1) is 0 Å². The first-order valence-corrected chi connectivity index (χ1v) is 4.73. The predicted molar refractivity (Wildman–Crippen MR) is 53.5 cm³/mol. The van der Waals surface area contributed by atoms with Crippen LogP contribution in [0.3, 0.4) is 0 Å².